The zero-order valence-corrected chi connectivity index (χ0v) is 16.8. The Labute approximate surface area is 170 Å². The lowest BCUT2D eigenvalue weighted by Gasteiger charge is -2.22. The van der Waals surface area contributed by atoms with Crippen molar-refractivity contribution in [3.63, 3.8) is 0 Å². The van der Waals surface area contributed by atoms with Crippen LogP contribution in [-0.2, 0) is 9.53 Å². The Morgan fingerprint density at radius 2 is 2.21 bits per heavy atom. The number of aromatic amines is 1. The molecule has 0 aliphatic carbocycles. The van der Waals surface area contributed by atoms with Crippen LogP contribution in [0.1, 0.15) is 18.4 Å². The molecule has 4 rings (SSSR count). The van der Waals surface area contributed by atoms with Gasteiger partial charge in [-0.3, -0.25) is 4.79 Å². The Bertz CT molecular complexity index is 999. The van der Waals surface area contributed by atoms with Gasteiger partial charge in [0.25, 0.3) is 0 Å². The van der Waals surface area contributed by atoms with E-state index in [1.54, 1.807) is 19.2 Å². The first kappa shape index (κ1) is 20.5. The first-order chi connectivity index (χ1) is 14.0. The van der Waals surface area contributed by atoms with Crippen molar-refractivity contribution in [2.75, 3.05) is 20.3 Å². The standard InChI is InChI=1S/C13H11N3O.C9H15NO2/c1-8-7-14-13-10(8)6-11(15-16-13)9-4-2-3-5-12(9)17;1-3-9(11)10-6-4-5-8(10)7-12-2/h2-7,17H,1H3,(H,14,16);3,8H,1,4-7H2,2H3. The maximum atomic E-state index is 11.3. The Kier molecular flexibility index (Phi) is 6.61. The lowest BCUT2D eigenvalue weighted by atomic mass is 10.1. The van der Waals surface area contributed by atoms with Crippen molar-refractivity contribution in [2.45, 2.75) is 25.8 Å². The van der Waals surface area contributed by atoms with Crippen molar-refractivity contribution in [1.29, 1.82) is 0 Å². The fourth-order valence-electron chi connectivity index (χ4n) is 3.48. The fraction of sp³-hybridized carbons (Fsp3) is 0.318. The number of likely N-dealkylation sites (tertiary alicyclic amines) is 1. The van der Waals surface area contributed by atoms with Gasteiger partial charge in [0.15, 0.2) is 5.65 Å². The number of benzene rings is 1. The lowest BCUT2D eigenvalue weighted by molar-refractivity contribution is -0.127. The molecule has 29 heavy (non-hydrogen) atoms. The number of carbonyl (C=O) groups is 1. The molecule has 2 N–H and O–H groups in total. The Morgan fingerprint density at radius 3 is 2.93 bits per heavy atom. The number of nitrogens with zero attached hydrogens (tertiary/aromatic N) is 3. The number of carbonyl (C=O) groups excluding carboxylic acids is 1. The van der Waals surface area contributed by atoms with Crippen LogP contribution < -0.4 is 0 Å². The van der Waals surface area contributed by atoms with Crippen LogP contribution in [0.4, 0.5) is 0 Å². The molecule has 0 spiro atoms. The molecule has 1 amide bonds. The molecule has 1 atom stereocenters. The van der Waals surface area contributed by atoms with E-state index < -0.39 is 0 Å². The van der Waals surface area contributed by atoms with Crippen molar-refractivity contribution in [3.05, 3.63) is 54.7 Å². The first-order valence-electron chi connectivity index (χ1n) is 9.57. The van der Waals surface area contributed by atoms with E-state index in [0.29, 0.717) is 17.9 Å². The maximum absolute atomic E-state index is 11.3. The van der Waals surface area contributed by atoms with Crippen LogP contribution in [0.15, 0.2) is 49.2 Å². The van der Waals surface area contributed by atoms with Crippen LogP contribution in [0, 0.1) is 6.92 Å². The Balaban J connectivity index is 0.000000177. The highest BCUT2D eigenvalue weighted by atomic mass is 16.5. The average Bonchev–Trinajstić information content (AvgIpc) is 3.35. The summed E-state index contributed by atoms with van der Waals surface area (Å²) in [6.07, 6.45) is 5.39. The number of hydrogen-bond acceptors (Lipinski definition) is 5. The van der Waals surface area contributed by atoms with Crippen molar-refractivity contribution in [2.24, 2.45) is 0 Å². The SMILES string of the molecule is C=CC(=O)N1CCCC1COC.Cc1c[nH]c2nnc(-c3ccccc3O)cc12. The molecule has 1 saturated heterocycles. The van der Waals surface area contributed by atoms with Gasteiger partial charge in [-0.15, -0.1) is 10.2 Å². The quantitative estimate of drug-likeness (QED) is 0.662. The van der Waals surface area contributed by atoms with Crippen molar-refractivity contribution < 1.29 is 14.6 Å². The number of nitrogens with one attached hydrogen (secondary N) is 1. The van der Waals surface area contributed by atoms with Crippen LogP contribution in [-0.4, -0.2) is 57.4 Å². The van der Waals surface area contributed by atoms with Crippen LogP contribution in [0.2, 0.25) is 0 Å². The molecule has 152 valence electrons. The molecule has 1 aliphatic rings. The van der Waals surface area contributed by atoms with E-state index in [-0.39, 0.29) is 17.7 Å². The van der Waals surface area contributed by atoms with E-state index in [2.05, 4.69) is 21.8 Å². The van der Waals surface area contributed by atoms with Gasteiger partial charge in [-0.2, -0.15) is 0 Å². The molecular weight excluding hydrogens is 368 g/mol. The minimum Gasteiger partial charge on any atom is -0.507 e. The summed E-state index contributed by atoms with van der Waals surface area (Å²) in [5.41, 5.74) is 3.26. The molecule has 1 aliphatic heterocycles. The predicted molar refractivity (Wildman–Crippen MR) is 113 cm³/mol. The lowest BCUT2D eigenvalue weighted by Crippen LogP contribution is -2.36. The second-order valence-electron chi connectivity index (χ2n) is 6.97. The molecule has 0 radical (unpaired) electrons. The van der Waals surface area contributed by atoms with Gasteiger partial charge in [0.05, 0.1) is 18.3 Å². The zero-order chi connectivity index (χ0) is 20.8. The summed E-state index contributed by atoms with van der Waals surface area (Å²) < 4.78 is 5.02. The van der Waals surface area contributed by atoms with E-state index in [0.717, 1.165) is 36.0 Å². The number of fused-ring (bicyclic) bond motifs is 1. The number of aromatic hydroxyl groups is 1. The molecule has 2 aromatic heterocycles. The molecule has 0 saturated carbocycles. The summed E-state index contributed by atoms with van der Waals surface area (Å²) in [4.78, 5) is 16.1. The third-order valence-electron chi connectivity index (χ3n) is 5.02. The van der Waals surface area contributed by atoms with E-state index in [1.165, 1.54) is 6.08 Å². The monoisotopic (exact) mass is 394 g/mol. The number of rotatable bonds is 4. The maximum Gasteiger partial charge on any atom is 0.246 e. The normalized spacial score (nSPS) is 15.8. The number of phenols is 1. The zero-order valence-electron chi connectivity index (χ0n) is 16.8. The van der Waals surface area contributed by atoms with Crippen molar-refractivity contribution in [3.8, 4) is 17.0 Å². The van der Waals surface area contributed by atoms with Gasteiger partial charge < -0.3 is 19.7 Å². The molecule has 1 fully saturated rings. The van der Waals surface area contributed by atoms with Gasteiger partial charge in [-0.25, -0.2) is 0 Å². The minimum absolute atomic E-state index is 0.0227. The molecule has 0 bridgehead atoms. The minimum atomic E-state index is 0.0227. The number of methoxy groups -OCH3 is 1. The molecule has 3 aromatic rings. The second kappa shape index (κ2) is 9.34. The Morgan fingerprint density at radius 1 is 1.41 bits per heavy atom. The van der Waals surface area contributed by atoms with Crippen LogP contribution in [0.25, 0.3) is 22.3 Å². The molecule has 7 nitrogen and oxygen atoms in total. The highest BCUT2D eigenvalue weighted by Gasteiger charge is 2.26. The van der Waals surface area contributed by atoms with Gasteiger partial charge in [-0.1, -0.05) is 18.7 Å². The van der Waals surface area contributed by atoms with E-state index in [1.807, 2.05) is 36.2 Å². The van der Waals surface area contributed by atoms with Gasteiger partial charge >= 0.3 is 0 Å². The number of H-pyrrole nitrogens is 1. The highest BCUT2D eigenvalue weighted by Crippen LogP contribution is 2.28. The van der Waals surface area contributed by atoms with E-state index >= 15 is 0 Å². The number of amides is 1. The van der Waals surface area contributed by atoms with Gasteiger partial charge in [0, 0.05) is 30.8 Å². The topological polar surface area (TPSA) is 91.3 Å². The highest BCUT2D eigenvalue weighted by molar-refractivity contribution is 5.87. The van der Waals surface area contributed by atoms with Crippen LogP contribution in [0.3, 0.4) is 0 Å². The van der Waals surface area contributed by atoms with Crippen LogP contribution in [0.5, 0.6) is 5.75 Å². The number of para-hydroxylation sites is 1. The number of aromatic nitrogens is 3. The van der Waals surface area contributed by atoms with Crippen LogP contribution >= 0.6 is 0 Å². The molecule has 7 heteroatoms. The molecular formula is C22H26N4O3. The second-order valence-corrected chi connectivity index (χ2v) is 6.97. The van der Waals surface area contributed by atoms with Gasteiger partial charge in [-0.05, 0) is 49.6 Å². The number of ether oxygens (including phenoxy) is 1. The van der Waals surface area contributed by atoms with E-state index in [4.69, 9.17) is 4.74 Å². The summed E-state index contributed by atoms with van der Waals surface area (Å²) in [6, 6.07) is 9.32. The summed E-state index contributed by atoms with van der Waals surface area (Å²) in [5.74, 6) is 0.240. The fourth-order valence-corrected chi connectivity index (χ4v) is 3.48. The van der Waals surface area contributed by atoms with E-state index in [9.17, 15) is 9.90 Å². The first-order valence-corrected chi connectivity index (χ1v) is 9.57. The summed E-state index contributed by atoms with van der Waals surface area (Å²) in [6.45, 7) is 6.96. The van der Waals surface area contributed by atoms with Crippen molar-refractivity contribution >= 4 is 16.9 Å². The molecule has 3 heterocycles. The van der Waals surface area contributed by atoms with Crippen molar-refractivity contribution in [1.82, 2.24) is 20.1 Å². The molecule has 1 aromatic carbocycles. The molecule has 1 unspecified atom stereocenters. The third-order valence-corrected chi connectivity index (χ3v) is 5.02. The summed E-state index contributed by atoms with van der Waals surface area (Å²) in [7, 11) is 1.66. The smallest absolute Gasteiger partial charge is 0.246 e. The summed E-state index contributed by atoms with van der Waals surface area (Å²) in [5, 5.41) is 19.0. The number of aryl methyl sites for hydroxylation is 1. The average molecular weight is 394 g/mol. The number of hydrogen-bond donors (Lipinski definition) is 2. The van der Waals surface area contributed by atoms with Gasteiger partial charge in [0.2, 0.25) is 5.91 Å². The summed E-state index contributed by atoms with van der Waals surface area (Å²) >= 11 is 0. The predicted octanol–water partition coefficient (Wildman–Crippen LogP) is 3.45. The number of phenolic OH excluding ortho intramolecular Hbond substituents is 1. The third kappa shape index (κ3) is 4.63. The largest absolute Gasteiger partial charge is 0.507 e. The Hall–Kier alpha value is -3.19. The van der Waals surface area contributed by atoms with Gasteiger partial charge in [0.1, 0.15) is 5.75 Å².